The van der Waals surface area contributed by atoms with Crippen LogP contribution in [0.5, 0.6) is 0 Å². The molecule has 0 bridgehead atoms. The van der Waals surface area contributed by atoms with E-state index in [1.54, 1.807) is 12.4 Å². The summed E-state index contributed by atoms with van der Waals surface area (Å²) >= 11 is 0. The van der Waals surface area contributed by atoms with Gasteiger partial charge in [-0.2, -0.15) is 0 Å². The molecule has 0 radical (unpaired) electrons. The molecule has 1 fully saturated rings. The van der Waals surface area contributed by atoms with Crippen LogP contribution in [0.2, 0.25) is 0 Å². The number of nitrogens with one attached hydrogen (secondary N) is 2. The van der Waals surface area contributed by atoms with E-state index in [4.69, 9.17) is 0 Å². The van der Waals surface area contributed by atoms with E-state index >= 15 is 0 Å². The summed E-state index contributed by atoms with van der Waals surface area (Å²) in [5.41, 5.74) is 3.01. The molecule has 2 unspecified atom stereocenters. The maximum atomic E-state index is 4.34. The molecule has 1 aliphatic heterocycles. The maximum absolute atomic E-state index is 4.34. The first-order chi connectivity index (χ1) is 9.31. The molecule has 100 valence electrons. The Hall–Kier alpha value is -1.68. The van der Waals surface area contributed by atoms with Crippen molar-refractivity contribution in [3.05, 3.63) is 30.6 Å². The molecule has 1 aromatic heterocycles. The number of benzene rings is 1. The third-order valence-electron chi connectivity index (χ3n) is 3.68. The predicted octanol–water partition coefficient (Wildman–Crippen LogP) is 2.57. The Morgan fingerprint density at radius 3 is 2.95 bits per heavy atom. The van der Waals surface area contributed by atoms with E-state index in [2.05, 4.69) is 39.7 Å². The molecule has 19 heavy (non-hydrogen) atoms. The van der Waals surface area contributed by atoms with Crippen molar-refractivity contribution in [2.45, 2.75) is 38.3 Å². The second-order valence-electron chi connectivity index (χ2n) is 5.33. The summed E-state index contributed by atoms with van der Waals surface area (Å²) in [6.07, 6.45) is 7.23. The lowest BCUT2D eigenvalue weighted by molar-refractivity contribution is 0.523. The first-order valence-corrected chi connectivity index (χ1v) is 7.02. The highest BCUT2D eigenvalue weighted by atomic mass is 15.0. The summed E-state index contributed by atoms with van der Waals surface area (Å²) in [6.45, 7) is 3.41. The Kier molecular flexibility index (Phi) is 3.60. The minimum Gasteiger partial charge on any atom is -0.382 e. The van der Waals surface area contributed by atoms with Crippen molar-refractivity contribution in [1.29, 1.82) is 0 Å². The fourth-order valence-corrected chi connectivity index (χ4v) is 2.78. The van der Waals surface area contributed by atoms with E-state index < -0.39 is 0 Å². The van der Waals surface area contributed by atoms with Crippen LogP contribution in [-0.2, 0) is 0 Å². The maximum Gasteiger partial charge on any atom is 0.0907 e. The predicted molar refractivity (Wildman–Crippen MR) is 78.3 cm³/mol. The van der Waals surface area contributed by atoms with E-state index in [9.17, 15) is 0 Å². The third-order valence-corrected chi connectivity index (χ3v) is 3.68. The van der Waals surface area contributed by atoms with Crippen molar-refractivity contribution >= 4 is 16.7 Å². The van der Waals surface area contributed by atoms with Gasteiger partial charge in [-0.05, 0) is 50.9 Å². The topological polar surface area (TPSA) is 49.8 Å². The number of hydrogen-bond donors (Lipinski definition) is 2. The Morgan fingerprint density at radius 2 is 2.16 bits per heavy atom. The van der Waals surface area contributed by atoms with Gasteiger partial charge in [0.25, 0.3) is 0 Å². The Bertz CT molecular complexity index is 549. The number of rotatable bonds is 4. The van der Waals surface area contributed by atoms with E-state index in [1.165, 1.54) is 25.8 Å². The van der Waals surface area contributed by atoms with Gasteiger partial charge in [-0.15, -0.1) is 0 Å². The number of nitrogens with zero attached hydrogens (tertiary/aromatic N) is 2. The first kappa shape index (κ1) is 12.4. The summed E-state index contributed by atoms with van der Waals surface area (Å²) in [5.74, 6) is 0. The molecule has 2 atom stereocenters. The minimum absolute atomic E-state index is 0.463. The van der Waals surface area contributed by atoms with Crippen LogP contribution in [0.1, 0.15) is 26.2 Å². The highest BCUT2D eigenvalue weighted by Gasteiger charge is 2.16. The van der Waals surface area contributed by atoms with E-state index in [1.807, 2.05) is 6.07 Å². The van der Waals surface area contributed by atoms with Crippen LogP contribution in [-0.4, -0.2) is 28.6 Å². The molecule has 3 rings (SSSR count). The van der Waals surface area contributed by atoms with Gasteiger partial charge in [-0.3, -0.25) is 9.97 Å². The normalized spacial score (nSPS) is 20.6. The summed E-state index contributed by atoms with van der Waals surface area (Å²) in [5, 5.41) is 7.09. The smallest absolute Gasteiger partial charge is 0.0907 e. The number of hydrogen-bond acceptors (Lipinski definition) is 4. The van der Waals surface area contributed by atoms with Crippen LogP contribution < -0.4 is 10.6 Å². The molecule has 1 aromatic carbocycles. The fraction of sp³-hybridized carbons (Fsp3) is 0.467. The average molecular weight is 256 g/mol. The second kappa shape index (κ2) is 5.53. The van der Waals surface area contributed by atoms with Crippen LogP contribution in [0.4, 0.5) is 5.69 Å². The van der Waals surface area contributed by atoms with Crippen molar-refractivity contribution in [2.24, 2.45) is 0 Å². The number of aromatic nitrogens is 2. The number of fused-ring (bicyclic) bond motifs is 1. The fourth-order valence-electron chi connectivity index (χ4n) is 2.78. The number of anilines is 1. The van der Waals surface area contributed by atoms with Gasteiger partial charge in [-0.1, -0.05) is 0 Å². The van der Waals surface area contributed by atoms with Crippen molar-refractivity contribution in [2.75, 3.05) is 11.9 Å². The zero-order valence-electron chi connectivity index (χ0n) is 11.3. The third kappa shape index (κ3) is 3.01. The quantitative estimate of drug-likeness (QED) is 0.882. The highest BCUT2D eigenvalue weighted by molar-refractivity contribution is 5.78. The monoisotopic (exact) mass is 256 g/mol. The second-order valence-corrected chi connectivity index (χ2v) is 5.33. The molecule has 4 heteroatoms. The molecule has 0 spiro atoms. The van der Waals surface area contributed by atoms with Gasteiger partial charge in [-0.25, -0.2) is 0 Å². The molecule has 0 aliphatic carbocycles. The largest absolute Gasteiger partial charge is 0.382 e. The lowest BCUT2D eigenvalue weighted by Crippen LogP contribution is -2.29. The van der Waals surface area contributed by atoms with Gasteiger partial charge >= 0.3 is 0 Å². The van der Waals surface area contributed by atoms with Crippen LogP contribution in [0.25, 0.3) is 11.0 Å². The van der Waals surface area contributed by atoms with Crippen molar-refractivity contribution in [3.8, 4) is 0 Å². The highest BCUT2D eigenvalue weighted by Crippen LogP contribution is 2.18. The van der Waals surface area contributed by atoms with Gasteiger partial charge in [0.1, 0.15) is 0 Å². The van der Waals surface area contributed by atoms with Crippen LogP contribution in [0, 0.1) is 0 Å². The summed E-state index contributed by atoms with van der Waals surface area (Å²) in [6, 6.07) is 7.30. The lowest BCUT2D eigenvalue weighted by atomic mass is 10.1. The lowest BCUT2D eigenvalue weighted by Gasteiger charge is -2.19. The van der Waals surface area contributed by atoms with Crippen LogP contribution in [0.15, 0.2) is 30.6 Å². The molecule has 2 heterocycles. The standard InChI is InChI=1S/C15H20N4/c1-11(9-12-3-2-6-16-12)19-13-4-5-14-15(10-13)18-8-7-17-14/h4-5,7-8,10-12,16,19H,2-3,6,9H2,1H3. The zero-order valence-corrected chi connectivity index (χ0v) is 11.3. The summed E-state index contributed by atoms with van der Waals surface area (Å²) < 4.78 is 0. The van der Waals surface area contributed by atoms with Crippen LogP contribution >= 0.6 is 0 Å². The van der Waals surface area contributed by atoms with Crippen molar-refractivity contribution in [3.63, 3.8) is 0 Å². The van der Waals surface area contributed by atoms with Gasteiger partial charge in [0.05, 0.1) is 11.0 Å². The molecule has 1 aliphatic rings. The van der Waals surface area contributed by atoms with Crippen molar-refractivity contribution < 1.29 is 0 Å². The summed E-state index contributed by atoms with van der Waals surface area (Å²) in [7, 11) is 0. The van der Waals surface area contributed by atoms with Crippen LogP contribution in [0.3, 0.4) is 0 Å². The van der Waals surface area contributed by atoms with Gasteiger partial charge in [0, 0.05) is 30.2 Å². The first-order valence-electron chi connectivity index (χ1n) is 7.02. The minimum atomic E-state index is 0.463. The molecular formula is C15H20N4. The Morgan fingerprint density at radius 1 is 1.32 bits per heavy atom. The van der Waals surface area contributed by atoms with E-state index in [0.29, 0.717) is 12.1 Å². The van der Waals surface area contributed by atoms with E-state index in [0.717, 1.165) is 16.7 Å². The molecule has 2 aromatic rings. The summed E-state index contributed by atoms with van der Waals surface area (Å²) in [4.78, 5) is 8.62. The molecule has 1 saturated heterocycles. The van der Waals surface area contributed by atoms with Gasteiger partial charge in [0.2, 0.25) is 0 Å². The SMILES string of the molecule is CC(CC1CCCN1)Nc1ccc2nccnc2c1. The molecular weight excluding hydrogens is 236 g/mol. The molecule has 4 nitrogen and oxygen atoms in total. The van der Waals surface area contributed by atoms with Gasteiger partial charge < -0.3 is 10.6 Å². The zero-order chi connectivity index (χ0) is 13.1. The Balaban J connectivity index is 1.66. The van der Waals surface area contributed by atoms with Gasteiger partial charge in [0.15, 0.2) is 0 Å². The molecule has 0 amide bonds. The van der Waals surface area contributed by atoms with Crippen molar-refractivity contribution in [1.82, 2.24) is 15.3 Å². The Labute approximate surface area is 113 Å². The van der Waals surface area contributed by atoms with E-state index in [-0.39, 0.29) is 0 Å². The molecule has 0 saturated carbocycles. The average Bonchev–Trinajstić information content (AvgIpc) is 2.91. The molecule has 2 N–H and O–H groups in total.